The number of hydrogen-bond acceptors (Lipinski definition) is 5. The van der Waals surface area contributed by atoms with Crippen LogP contribution in [-0.2, 0) is 9.47 Å². The predicted octanol–water partition coefficient (Wildman–Crippen LogP) is 2.94. The maximum atomic E-state index is 5.91. The van der Waals surface area contributed by atoms with Gasteiger partial charge in [0.1, 0.15) is 0 Å². The molecule has 0 aromatic carbocycles. The van der Waals surface area contributed by atoms with Gasteiger partial charge >= 0.3 is 0 Å². The number of guanidine groups is 1. The number of rotatable bonds is 10. The lowest BCUT2D eigenvalue weighted by atomic mass is 9.84. The molecule has 188 valence electrons. The second kappa shape index (κ2) is 15.7. The SMILES string of the molecule is CCNC(=NCC1(N2CCCCC2)CCN(C)CC1)NCCCOCC1CCOCC1.I. The Morgan fingerprint density at radius 3 is 2.47 bits per heavy atom. The van der Waals surface area contributed by atoms with Gasteiger partial charge in [0, 0.05) is 45.1 Å². The molecule has 0 aliphatic carbocycles. The fraction of sp³-hybridized carbons (Fsp3) is 0.958. The summed E-state index contributed by atoms with van der Waals surface area (Å²) in [5.74, 6) is 1.64. The molecule has 2 N–H and O–H groups in total. The van der Waals surface area contributed by atoms with Crippen molar-refractivity contribution in [1.82, 2.24) is 20.4 Å². The smallest absolute Gasteiger partial charge is 0.191 e. The van der Waals surface area contributed by atoms with Gasteiger partial charge in [0.15, 0.2) is 5.96 Å². The Morgan fingerprint density at radius 2 is 1.78 bits per heavy atom. The van der Waals surface area contributed by atoms with E-state index in [2.05, 4.69) is 34.4 Å². The summed E-state index contributed by atoms with van der Waals surface area (Å²) in [7, 11) is 2.25. The van der Waals surface area contributed by atoms with Gasteiger partial charge in [0.2, 0.25) is 0 Å². The van der Waals surface area contributed by atoms with Crippen LogP contribution in [0.1, 0.15) is 58.3 Å². The minimum atomic E-state index is 0. The minimum Gasteiger partial charge on any atom is -0.381 e. The Bertz CT molecular complexity index is 517. The molecule has 3 aliphatic heterocycles. The molecule has 3 heterocycles. The van der Waals surface area contributed by atoms with E-state index < -0.39 is 0 Å². The second-order valence-electron chi connectivity index (χ2n) is 9.68. The van der Waals surface area contributed by atoms with Crippen LogP contribution in [0.4, 0.5) is 0 Å². The molecule has 0 bridgehead atoms. The molecule has 0 unspecified atom stereocenters. The Labute approximate surface area is 213 Å². The number of aliphatic imine (C=N–C) groups is 1. The van der Waals surface area contributed by atoms with Crippen LogP contribution in [0.3, 0.4) is 0 Å². The first-order valence-electron chi connectivity index (χ1n) is 12.8. The molecule has 3 saturated heterocycles. The predicted molar refractivity (Wildman–Crippen MR) is 143 cm³/mol. The molecular formula is C24H48IN5O2. The molecule has 3 fully saturated rings. The van der Waals surface area contributed by atoms with Crippen molar-refractivity contribution in [3.8, 4) is 0 Å². The molecule has 0 atom stereocenters. The molecule has 3 rings (SSSR count). The summed E-state index contributed by atoms with van der Waals surface area (Å²) in [5, 5.41) is 6.99. The zero-order chi connectivity index (χ0) is 21.8. The molecule has 7 nitrogen and oxygen atoms in total. The number of likely N-dealkylation sites (tertiary alicyclic amines) is 2. The van der Waals surface area contributed by atoms with Crippen LogP contribution in [0.25, 0.3) is 0 Å². The van der Waals surface area contributed by atoms with Crippen LogP contribution in [-0.4, -0.2) is 101 Å². The number of piperidine rings is 2. The third-order valence-corrected chi connectivity index (χ3v) is 7.27. The molecule has 8 heteroatoms. The average Bonchev–Trinajstić information content (AvgIpc) is 2.82. The lowest BCUT2D eigenvalue weighted by Crippen LogP contribution is -2.58. The van der Waals surface area contributed by atoms with E-state index in [1.54, 1.807) is 0 Å². The number of nitrogens with zero attached hydrogens (tertiary/aromatic N) is 3. The van der Waals surface area contributed by atoms with Crippen LogP contribution in [0.2, 0.25) is 0 Å². The first kappa shape index (κ1) is 28.1. The highest BCUT2D eigenvalue weighted by molar-refractivity contribution is 14.0. The van der Waals surface area contributed by atoms with Gasteiger partial charge in [-0.3, -0.25) is 9.89 Å². The molecule has 3 aliphatic rings. The Balaban J connectivity index is 0.00000363. The van der Waals surface area contributed by atoms with Crippen LogP contribution >= 0.6 is 24.0 Å². The van der Waals surface area contributed by atoms with Gasteiger partial charge in [0.25, 0.3) is 0 Å². The lowest BCUT2D eigenvalue weighted by Gasteiger charge is -2.49. The summed E-state index contributed by atoms with van der Waals surface area (Å²) < 4.78 is 11.3. The minimum absolute atomic E-state index is 0. The summed E-state index contributed by atoms with van der Waals surface area (Å²) in [4.78, 5) is 10.3. The number of halogens is 1. The average molecular weight is 566 g/mol. The fourth-order valence-electron chi connectivity index (χ4n) is 5.09. The van der Waals surface area contributed by atoms with Crippen molar-refractivity contribution in [2.75, 3.05) is 79.3 Å². The second-order valence-corrected chi connectivity index (χ2v) is 9.68. The van der Waals surface area contributed by atoms with Crippen molar-refractivity contribution in [3.63, 3.8) is 0 Å². The zero-order valence-electron chi connectivity index (χ0n) is 20.6. The molecule has 0 amide bonds. The number of hydrogen-bond donors (Lipinski definition) is 2. The quantitative estimate of drug-likeness (QED) is 0.184. The van der Waals surface area contributed by atoms with E-state index in [1.165, 1.54) is 58.3 Å². The lowest BCUT2D eigenvalue weighted by molar-refractivity contribution is 0.0202. The van der Waals surface area contributed by atoms with Gasteiger partial charge in [-0.25, -0.2) is 0 Å². The van der Waals surface area contributed by atoms with Crippen LogP contribution in [0, 0.1) is 5.92 Å². The van der Waals surface area contributed by atoms with E-state index in [1.807, 2.05) is 0 Å². The fourth-order valence-corrected chi connectivity index (χ4v) is 5.09. The first-order valence-corrected chi connectivity index (χ1v) is 12.8. The van der Waals surface area contributed by atoms with Gasteiger partial charge in [-0.05, 0) is 91.0 Å². The molecule has 0 saturated carbocycles. The van der Waals surface area contributed by atoms with Crippen molar-refractivity contribution >= 4 is 29.9 Å². The van der Waals surface area contributed by atoms with Gasteiger partial charge in [-0.2, -0.15) is 0 Å². The topological polar surface area (TPSA) is 61.4 Å². The molecule has 0 aromatic rings. The maximum absolute atomic E-state index is 5.91. The number of nitrogens with one attached hydrogen (secondary N) is 2. The van der Waals surface area contributed by atoms with Gasteiger partial charge in [0.05, 0.1) is 6.54 Å². The molecule has 0 radical (unpaired) electrons. The van der Waals surface area contributed by atoms with Crippen LogP contribution < -0.4 is 10.6 Å². The monoisotopic (exact) mass is 565 g/mol. The molecule has 0 spiro atoms. The van der Waals surface area contributed by atoms with E-state index in [4.69, 9.17) is 14.5 Å². The Kier molecular flexibility index (Phi) is 13.8. The largest absolute Gasteiger partial charge is 0.381 e. The van der Waals surface area contributed by atoms with Gasteiger partial charge < -0.3 is 25.0 Å². The zero-order valence-corrected chi connectivity index (χ0v) is 22.9. The van der Waals surface area contributed by atoms with Crippen molar-refractivity contribution in [3.05, 3.63) is 0 Å². The first-order chi connectivity index (χ1) is 15.2. The maximum Gasteiger partial charge on any atom is 0.191 e. The van der Waals surface area contributed by atoms with Crippen LogP contribution in [0.5, 0.6) is 0 Å². The summed E-state index contributed by atoms with van der Waals surface area (Å²) in [5.41, 5.74) is 0.238. The summed E-state index contributed by atoms with van der Waals surface area (Å²) in [6.45, 7) is 13.2. The summed E-state index contributed by atoms with van der Waals surface area (Å²) in [6, 6.07) is 0. The molecular weight excluding hydrogens is 517 g/mol. The number of ether oxygens (including phenoxy) is 2. The summed E-state index contributed by atoms with van der Waals surface area (Å²) in [6.07, 6.45) is 9.82. The van der Waals surface area contributed by atoms with Crippen molar-refractivity contribution < 1.29 is 9.47 Å². The summed E-state index contributed by atoms with van der Waals surface area (Å²) >= 11 is 0. The van der Waals surface area contributed by atoms with Crippen molar-refractivity contribution in [2.24, 2.45) is 10.9 Å². The third kappa shape index (κ3) is 9.24. The highest BCUT2D eigenvalue weighted by Crippen LogP contribution is 2.31. The van der Waals surface area contributed by atoms with E-state index in [9.17, 15) is 0 Å². The standard InChI is InChI=1S/C24H47N5O2.HI/c1-3-25-23(26-12-7-17-31-20-22-8-18-30-19-9-22)27-21-24(10-15-28(2)16-11-24)29-13-5-4-6-14-29;/h22H,3-21H2,1-2H3,(H2,25,26,27);1H. The normalized spacial score (nSPS) is 23.5. The Hall–Kier alpha value is -0.160. The third-order valence-electron chi connectivity index (χ3n) is 7.27. The van der Waals surface area contributed by atoms with Gasteiger partial charge in [-0.1, -0.05) is 6.42 Å². The van der Waals surface area contributed by atoms with E-state index in [-0.39, 0.29) is 29.5 Å². The Morgan fingerprint density at radius 1 is 1.06 bits per heavy atom. The van der Waals surface area contributed by atoms with E-state index in [0.717, 1.165) is 71.3 Å². The van der Waals surface area contributed by atoms with E-state index >= 15 is 0 Å². The van der Waals surface area contributed by atoms with E-state index in [0.29, 0.717) is 5.92 Å². The molecule has 0 aromatic heterocycles. The molecule has 32 heavy (non-hydrogen) atoms. The van der Waals surface area contributed by atoms with Crippen LogP contribution in [0.15, 0.2) is 4.99 Å². The highest BCUT2D eigenvalue weighted by Gasteiger charge is 2.39. The van der Waals surface area contributed by atoms with Gasteiger partial charge in [-0.15, -0.1) is 24.0 Å². The highest BCUT2D eigenvalue weighted by atomic mass is 127. The van der Waals surface area contributed by atoms with Crippen molar-refractivity contribution in [1.29, 1.82) is 0 Å². The van der Waals surface area contributed by atoms with Crippen molar-refractivity contribution in [2.45, 2.75) is 63.8 Å².